The van der Waals surface area contributed by atoms with Gasteiger partial charge in [0.1, 0.15) is 0 Å². The molecule has 4 aliphatic rings. The molecule has 131 valence electrons. The van der Waals surface area contributed by atoms with Crippen LogP contribution < -0.4 is 15.1 Å². The average molecular weight is 340 g/mol. The molecule has 1 atom stereocenters. The van der Waals surface area contributed by atoms with E-state index in [4.69, 9.17) is 5.73 Å². The fourth-order valence-corrected chi connectivity index (χ4v) is 4.37. The van der Waals surface area contributed by atoms with Crippen LogP contribution in [0.2, 0.25) is 0 Å². The Labute approximate surface area is 147 Å². The lowest BCUT2D eigenvalue weighted by Crippen LogP contribution is -2.58. The Morgan fingerprint density at radius 3 is 2.44 bits per heavy atom. The molecule has 1 aromatic rings. The van der Waals surface area contributed by atoms with E-state index in [2.05, 4.69) is 16.0 Å². The van der Waals surface area contributed by atoms with Crippen LogP contribution in [0, 0.1) is 18.4 Å². The zero-order valence-electron chi connectivity index (χ0n) is 14.5. The first-order valence-electron chi connectivity index (χ1n) is 8.95. The molecule has 2 bridgehead atoms. The molecule has 1 radical (unpaired) electrons. The van der Waals surface area contributed by atoms with E-state index in [0.29, 0.717) is 5.69 Å². The number of imide groups is 1. The number of hydrogen-bond acceptors (Lipinski definition) is 4. The molecule has 25 heavy (non-hydrogen) atoms. The molecule has 6 nitrogen and oxygen atoms in total. The predicted octanol–water partition coefficient (Wildman–Crippen LogP) is 2.45. The summed E-state index contributed by atoms with van der Waals surface area (Å²) in [5, 5.41) is 0. The number of amides is 3. The lowest BCUT2D eigenvalue weighted by molar-refractivity contribution is -0.123. The summed E-state index contributed by atoms with van der Waals surface area (Å²) < 4.78 is -0.579. The van der Waals surface area contributed by atoms with Crippen molar-refractivity contribution in [3.8, 4) is 0 Å². The van der Waals surface area contributed by atoms with Crippen molar-refractivity contribution in [3.05, 3.63) is 30.3 Å². The molecule has 2 N–H and O–H groups in total. The first-order valence-corrected chi connectivity index (χ1v) is 8.95. The standard InChI is InChI=1S/C19H23N4O2/c1-23(19(20)25)17-8-16(7-6-15(17)9-21-10-18(23)24)22-11-13-2-3-14(12-22)5-4-13/h6-10,13-14H,2-5,11-12H2,1H3,(H-,20,25)/p+1. The Morgan fingerprint density at radius 1 is 1.20 bits per heavy atom. The summed E-state index contributed by atoms with van der Waals surface area (Å²) in [5.74, 6) is 1.06. The molecular weight excluding hydrogens is 316 g/mol. The second-order valence-corrected chi connectivity index (χ2v) is 7.62. The molecule has 2 saturated heterocycles. The monoisotopic (exact) mass is 340 g/mol. The maximum absolute atomic E-state index is 12.5. The van der Waals surface area contributed by atoms with Crippen LogP contribution in [-0.4, -0.2) is 38.3 Å². The van der Waals surface area contributed by atoms with Crippen LogP contribution in [0.15, 0.2) is 23.2 Å². The van der Waals surface area contributed by atoms with E-state index in [9.17, 15) is 9.59 Å². The zero-order chi connectivity index (χ0) is 17.6. The van der Waals surface area contributed by atoms with Gasteiger partial charge in [0.05, 0.1) is 12.6 Å². The predicted molar refractivity (Wildman–Crippen MR) is 98.3 cm³/mol. The molecule has 1 aliphatic carbocycles. The summed E-state index contributed by atoms with van der Waals surface area (Å²) in [5.41, 5.74) is 8.02. The van der Waals surface area contributed by atoms with E-state index < -0.39 is 16.4 Å². The van der Waals surface area contributed by atoms with Crippen LogP contribution in [0.5, 0.6) is 0 Å². The van der Waals surface area contributed by atoms with Gasteiger partial charge >= 0.3 is 11.9 Å². The number of benzodiazepines with no additional fused rings is 1. The highest BCUT2D eigenvalue weighted by molar-refractivity contribution is 6.14. The Morgan fingerprint density at radius 2 is 1.84 bits per heavy atom. The number of nitrogens with zero attached hydrogens (tertiary/aromatic N) is 3. The van der Waals surface area contributed by atoms with Gasteiger partial charge in [0.25, 0.3) is 0 Å². The lowest BCUT2D eigenvalue weighted by atomic mass is 9.84. The maximum atomic E-state index is 12.5. The smallest absolute Gasteiger partial charge is 0.371 e. The van der Waals surface area contributed by atoms with Crippen molar-refractivity contribution < 1.29 is 9.59 Å². The van der Waals surface area contributed by atoms with Crippen molar-refractivity contribution in [2.75, 3.05) is 25.0 Å². The molecule has 3 fully saturated rings. The van der Waals surface area contributed by atoms with E-state index in [1.165, 1.54) is 32.2 Å². The summed E-state index contributed by atoms with van der Waals surface area (Å²) in [6.45, 7) is 3.27. The normalized spacial score (nSPS) is 31.4. The van der Waals surface area contributed by atoms with Crippen LogP contribution >= 0.6 is 0 Å². The van der Waals surface area contributed by atoms with E-state index >= 15 is 0 Å². The third-order valence-corrected chi connectivity index (χ3v) is 6.06. The van der Waals surface area contributed by atoms with Crippen molar-refractivity contribution in [3.63, 3.8) is 0 Å². The number of fused-ring (bicyclic) bond motifs is 5. The number of hydrogen-bond donors (Lipinski definition) is 1. The second kappa shape index (κ2) is 5.95. The highest BCUT2D eigenvalue weighted by Gasteiger charge is 2.44. The Hall–Kier alpha value is -2.21. The summed E-state index contributed by atoms with van der Waals surface area (Å²) in [6, 6.07) is 5.26. The second-order valence-electron chi connectivity index (χ2n) is 7.62. The zero-order valence-corrected chi connectivity index (χ0v) is 14.5. The van der Waals surface area contributed by atoms with Gasteiger partial charge in [0.2, 0.25) is 6.54 Å². The first-order chi connectivity index (χ1) is 12.0. The van der Waals surface area contributed by atoms with Gasteiger partial charge in [-0.15, -0.1) is 4.48 Å². The van der Waals surface area contributed by atoms with Gasteiger partial charge in [0, 0.05) is 31.1 Å². The van der Waals surface area contributed by atoms with Crippen LogP contribution in [0.1, 0.15) is 31.2 Å². The highest BCUT2D eigenvalue weighted by atomic mass is 16.2. The molecule has 0 aromatic heterocycles. The third kappa shape index (κ3) is 2.65. The molecule has 3 heterocycles. The number of benzene rings is 1. The van der Waals surface area contributed by atoms with Crippen molar-refractivity contribution in [1.29, 1.82) is 0 Å². The highest BCUT2D eigenvalue weighted by Crippen LogP contribution is 2.38. The van der Waals surface area contributed by atoms with Gasteiger partial charge in [0.15, 0.2) is 5.69 Å². The number of rotatable bonds is 1. The van der Waals surface area contributed by atoms with Crippen LogP contribution in [0.3, 0.4) is 0 Å². The molecule has 1 aromatic carbocycles. The topological polar surface area (TPSA) is 75.8 Å². The minimum atomic E-state index is -0.693. The summed E-state index contributed by atoms with van der Waals surface area (Å²) in [4.78, 5) is 31.1. The number of quaternary nitrogens is 1. The van der Waals surface area contributed by atoms with E-state index in [0.717, 1.165) is 36.2 Å². The Kier molecular flexibility index (Phi) is 3.87. The van der Waals surface area contributed by atoms with Gasteiger partial charge in [-0.05, 0) is 49.7 Å². The van der Waals surface area contributed by atoms with Gasteiger partial charge in [-0.1, -0.05) is 0 Å². The average Bonchev–Trinajstić information content (AvgIpc) is 2.99. The number of aliphatic imine (C=N–C) groups is 1. The molecule has 5 rings (SSSR count). The van der Waals surface area contributed by atoms with Crippen molar-refractivity contribution in [2.45, 2.75) is 25.7 Å². The number of carbonyl (C=O) groups excluding carboxylic acids is 2. The minimum Gasteiger partial charge on any atom is -0.371 e. The largest absolute Gasteiger partial charge is 0.426 e. The van der Waals surface area contributed by atoms with Crippen LogP contribution in [0.25, 0.3) is 0 Å². The summed E-state index contributed by atoms with van der Waals surface area (Å²) in [7, 11) is 1.55. The lowest BCUT2D eigenvalue weighted by Gasteiger charge is -2.29. The van der Waals surface area contributed by atoms with E-state index in [-0.39, 0.29) is 0 Å². The molecule has 1 saturated carbocycles. The fraction of sp³-hybridized carbons (Fsp3) is 0.474. The van der Waals surface area contributed by atoms with Crippen LogP contribution in [-0.2, 0) is 4.79 Å². The van der Waals surface area contributed by atoms with Crippen LogP contribution in [0.4, 0.5) is 16.2 Å². The van der Waals surface area contributed by atoms with Crippen molar-refractivity contribution >= 4 is 29.5 Å². The van der Waals surface area contributed by atoms with Gasteiger partial charge in [-0.3, -0.25) is 4.99 Å². The van der Waals surface area contributed by atoms with E-state index in [1.54, 1.807) is 13.3 Å². The van der Waals surface area contributed by atoms with Gasteiger partial charge in [-0.2, -0.15) is 0 Å². The van der Waals surface area contributed by atoms with Crippen molar-refractivity contribution in [1.82, 2.24) is 4.48 Å². The molecule has 0 spiro atoms. The minimum absolute atomic E-state index is 0.421. The molecule has 3 aliphatic heterocycles. The Bertz CT molecular complexity index is 738. The summed E-state index contributed by atoms with van der Waals surface area (Å²) in [6.07, 6.45) is 6.85. The fourth-order valence-electron chi connectivity index (χ4n) is 4.37. The van der Waals surface area contributed by atoms with Gasteiger partial charge in [-0.25, -0.2) is 9.59 Å². The Balaban J connectivity index is 1.77. The first kappa shape index (κ1) is 16.3. The maximum Gasteiger partial charge on any atom is 0.426 e. The third-order valence-electron chi connectivity index (χ3n) is 6.06. The summed E-state index contributed by atoms with van der Waals surface area (Å²) >= 11 is 0. The van der Waals surface area contributed by atoms with Crippen molar-refractivity contribution in [2.24, 2.45) is 22.6 Å². The number of primary amides is 1. The number of urea groups is 1. The molecular formula is C19H24N4O2+. The number of likely N-dealkylation sites (N-methyl/N-ethyl adjacent to an activating group) is 1. The quantitative estimate of drug-likeness (QED) is 0.798. The van der Waals surface area contributed by atoms with E-state index in [1.807, 2.05) is 12.1 Å². The number of anilines is 1. The molecule has 3 amide bonds. The number of nitrogens with two attached hydrogens (primary N) is 1. The SMILES string of the molecule is C[N+]1(C(N)=O)C(=O)[CH]N=Cc2ccc(N3CC4CCC(CC4)C3)cc21. The molecule has 6 heteroatoms. The van der Waals surface area contributed by atoms with Gasteiger partial charge < -0.3 is 10.6 Å². The molecule has 1 unspecified atom stereocenters. The number of carbonyl (C=O) groups is 2.